The van der Waals surface area contributed by atoms with Gasteiger partial charge in [0.15, 0.2) is 9.76 Å². The summed E-state index contributed by atoms with van der Waals surface area (Å²) in [5, 5.41) is 1.37. The van der Waals surface area contributed by atoms with E-state index in [4.69, 9.17) is 4.43 Å². The Morgan fingerprint density at radius 1 is 1.36 bits per heavy atom. The molecular formula is C11H17BrOSi. The van der Waals surface area contributed by atoms with E-state index in [2.05, 4.69) is 54.0 Å². The molecule has 0 radical (unpaired) electrons. The van der Waals surface area contributed by atoms with Gasteiger partial charge in [0.05, 0.1) is 0 Å². The number of rotatable bonds is 5. The van der Waals surface area contributed by atoms with E-state index in [-0.39, 0.29) is 0 Å². The molecule has 0 aliphatic rings. The van der Waals surface area contributed by atoms with Crippen molar-refractivity contribution < 1.29 is 4.43 Å². The maximum atomic E-state index is 5.90. The maximum Gasteiger partial charge on any atom is 0.192 e. The van der Waals surface area contributed by atoms with Crippen molar-refractivity contribution in [2.24, 2.45) is 0 Å². The first-order chi connectivity index (χ1) is 6.76. The van der Waals surface area contributed by atoms with Crippen LogP contribution in [0.4, 0.5) is 0 Å². The predicted molar refractivity (Wildman–Crippen MR) is 67.8 cm³/mol. The second-order valence-corrected chi connectivity index (χ2v) is 5.73. The van der Waals surface area contributed by atoms with Crippen LogP contribution in [-0.4, -0.2) is 15.9 Å². The third-order valence-corrected chi connectivity index (χ3v) is 4.19. The zero-order valence-electron chi connectivity index (χ0n) is 8.79. The molecule has 0 amide bonds. The molecule has 0 N–H and O–H groups in total. The van der Waals surface area contributed by atoms with E-state index in [1.165, 1.54) is 5.19 Å². The molecule has 0 aliphatic carbocycles. The molecule has 0 atom stereocenters. The third-order valence-electron chi connectivity index (χ3n) is 2.29. The first kappa shape index (κ1) is 11.9. The number of benzene rings is 1. The summed E-state index contributed by atoms with van der Waals surface area (Å²) in [7, 11) is -0.532. The molecular weight excluding hydrogens is 256 g/mol. The van der Waals surface area contributed by atoms with Crippen LogP contribution in [0.5, 0.6) is 0 Å². The minimum absolute atomic E-state index is 0.459. The van der Waals surface area contributed by atoms with Gasteiger partial charge < -0.3 is 4.43 Å². The standard InChI is InChI=1S/C11H17BrOSi/c1-3-10(4-2)13-14-11-7-5-6-9(12)8-11/h5-8,10H,3-4,14H2,1-2H3. The second-order valence-electron chi connectivity index (χ2n) is 3.38. The van der Waals surface area contributed by atoms with Crippen molar-refractivity contribution in [3.05, 3.63) is 28.7 Å². The first-order valence-corrected chi connectivity index (χ1v) is 7.20. The van der Waals surface area contributed by atoms with Gasteiger partial charge in [-0.3, -0.25) is 0 Å². The molecule has 78 valence electrons. The van der Waals surface area contributed by atoms with Crippen LogP contribution in [0.25, 0.3) is 0 Å². The Bertz CT molecular complexity index is 274. The fourth-order valence-electron chi connectivity index (χ4n) is 1.37. The topological polar surface area (TPSA) is 9.23 Å². The van der Waals surface area contributed by atoms with Crippen molar-refractivity contribution in [3.8, 4) is 0 Å². The SMILES string of the molecule is CCC(CC)O[SiH2]c1cccc(Br)c1. The molecule has 0 heterocycles. The van der Waals surface area contributed by atoms with Crippen molar-refractivity contribution in [3.63, 3.8) is 0 Å². The Morgan fingerprint density at radius 2 is 2.07 bits per heavy atom. The van der Waals surface area contributed by atoms with Crippen LogP contribution in [0.2, 0.25) is 0 Å². The van der Waals surface area contributed by atoms with Gasteiger partial charge in [-0.25, -0.2) is 0 Å². The Kier molecular flexibility index (Phi) is 5.44. The zero-order valence-corrected chi connectivity index (χ0v) is 11.8. The average Bonchev–Trinajstić information content (AvgIpc) is 2.19. The Hall–Kier alpha value is -0.123. The van der Waals surface area contributed by atoms with Gasteiger partial charge in [0.2, 0.25) is 0 Å². The molecule has 0 aliphatic heterocycles. The summed E-state index contributed by atoms with van der Waals surface area (Å²) in [6.45, 7) is 4.37. The summed E-state index contributed by atoms with van der Waals surface area (Å²) in [6.07, 6.45) is 2.70. The van der Waals surface area contributed by atoms with Gasteiger partial charge in [0, 0.05) is 10.6 Å². The van der Waals surface area contributed by atoms with E-state index in [1.807, 2.05) is 0 Å². The number of hydrogen-bond donors (Lipinski definition) is 0. The summed E-state index contributed by atoms with van der Waals surface area (Å²) in [6, 6.07) is 8.44. The fourth-order valence-corrected chi connectivity index (χ4v) is 3.55. The largest absolute Gasteiger partial charge is 0.416 e. The molecule has 14 heavy (non-hydrogen) atoms. The summed E-state index contributed by atoms with van der Waals surface area (Å²) in [4.78, 5) is 0. The highest BCUT2D eigenvalue weighted by molar-refractivity contribution is 9.10. The van der Waals surface area contributed by atoms with E-state index in [0.717, 1.165) is 17.3 Å². The predicted octanol–water partition coefficient (Wildman–Crippen LogP) is 2.36. The van der Waals surface area contributed by atoms with Crippen molar-refractivity contribution in [1.82, 2.24) is 0 Å². The van der Waals surface area contributed by atoms with E-state index in [1.54, 1.807) is 0 Å². The second kappa shape index (κ2) is 6.38. The lowest BCUT2D eigenvalue weighted by Gasteiger charge is -2.13. The highest BCUT2D eigenvalue weighted by Gasteiger charge is 2.03. The quantitative estimate of drug-likeness (QED) is 0.748. The van der Waals surface area contributed by atoms with Crippen molar-refractivity contribution >= 4 is 30.9 Å². The van der Waals surface area contributed by atoms with Crippen molar-refractivity contribution in [2.45, 2.75) is 32.8 Å². The molecule has 0 fully saturated rings. The fraction of sp³-hybridized carbons (Fsp3) is 0.455. The molecule has 1 nitrogen and oxygen atoms in total. The van der Waals surface area contributed by atoms with Crippen molar-refractivity contribution in [2.75, 3.05) is 0 Å². The summed E-state index contributed by atoms with van der Waals surface area (Å²) in [5.74, 6) is 0. The number of halogens is 1. The Labute approximate surface area is 96.9 Å². The Balaban J connectivity index is 2.44. The molecule has 1 aromatic rings. The average molecular weight is 273 g/mol. The van der Waals surface area contributed by atoms with Crippen molar-refractivity contribution in [1.29, 1.82) is 0 Å². The molecule has 0 saturated carbocycles. The van der Waals surface area contributed by atoms with Gasteiger partial charge in [0.25, 0.3) is 0 Å². The summed E-state index contributed by atoms with van der Waals surface area (Å²) >= 11 is 3.47. The van der Waals surface area contributed by atoms with E-state index < -0.39 is 9.76 Å². The molecule has 3 heteroatoms. The first-order valence-electron chi connectivity index (χ1n) is 5.12. The molecule has 0 spiro atoms. The van der Waals surface area contributed by atoms with Gasteiger partial charge in [-0.05, 0) is 30.2 Å². The minimum atomic E-state index is -0.532. The lowest BCUT2D eigenvalue weighted by Crippen LogP contribution is -2.23. The molecule has 1 aromatic carbocycles. The van der Waals surface area contributed by atoms with Crippen LogP contribution in [0, 0.1) is 0 Å². The van der Waals surface area contributed by atoms with Gasteiger partial charge >= 0.3 is 0 Å². The van der Waals surface area contributed by atoms with Gasteiger partial charge in [0.1, 0.15) is 0 Å². The monoisotopic (exact) mass is 272 g/mol. The van der Waals surface area contributed by atoms with Gasteiger partial charge in [-0.1, -0.05) is 41.9 Å². The van der Waals surface area contributed by atoms with Crippen LogP contribution in [0.1, 0.15) is 26.7 Å². The van der Waals surface area contributed by atoms with Crippen LogP contribution < -0.4 is 5.19 Å². The molecule has 1 rings (SSSR count). The lowest BCUT2D eigenvalue weighted by atomic mass is 10.2. The normalized spacial score (nSPS) is 11.7. The van der Waals surface area contributed by atoms with Crippen LogP contribution in [0.3, 0.4) is 0 Å². The van der Waals surface area contributed by atoms with E-state index >= 15 is 0 Å². The van der Waals surface area contributed by atoms with E-state index in [0.29, 0.717) is 6.10 Å². The summed E-state index contributed by atoms with van der Waals surface area (Å²) < 4.78 is 7.05. The van der Waals surface area contributed by atoms with E-state index in [9.17, 15) is 0 Å². The smallest absolute Gasteiger partial charge is 0.192 e. The van der Waals surface area contributed by atoms with Crippen LogP contribution >= 0.6 is 15.9 Å². The third kappa shape index (κ3) is 3.94. The maximum absolute atomic E-state index is 5.90. The Morgan fingerprint density at radius 3 is 2.64 bits per heavy atom. The van der Waals surface area contributed by atoms with Gasteiger partial charge in [-0.2, -0.15) is 0 Å². The molecule has 0 saturated heterocycles. The van der Waals surface area contributed by atoms with Crippen LogP contribution in [0.15, 0.2) is 28.7 Å². The highest BCUT2D eigenvalue weighted by atomic mass is 79.9. The van der Waals surface area contributed by atoms with Crippen LogP contribution in [-0.2, 0) is 4.43 Å². The lowest BCUT2D eigenvalue weighted by molar-refractivity contribution is 0.206. The summed E-state index contributed by atoms with van der Waals surface area (Å²) in [5.41, 5.74) is 0. The zero-order chi connectivity index (χ0) is 10.4. The molecule has 0 unspecified atom stereocenters. The highest BCUT2D eigenvalue weighted by Crippen LogP contribution is 2.06. The van der Waals surface area contributed by atoms with Gasteiger partial charge in [-0.15, -0.1) is 0 Å². The molecule has 0 bridgehead atoms. The molecule has 0 aromatic heterocycles. The minimum Gasteiger partial charge on any atom is -0.416 e. The number of hydrogen-bond acceptors (Lipinski definition) is 1.